The van der Waals surface area contributed by atoms with E-state index in [2.05, 4.69) is 31.2 Å². The maximum Gasteiger partial charge on any atom is 0.232 e. The molecule has 2 aliphatic rings. The second-order valence-electron chi connectivity index (χ2n) is 8.88. The van der Waals surface area contributed by atoms with E-state index in [1.165, 1.54) is 28.6 Å². The SMILES string of the molecule is CC1CCc2nc(SCCC(=O)n3c4c(c5ccccc53)CCCC4)c(C#N)cc2C1. The van der Waals surface area contributed by atoms with Crippen LogP contribution in [0.25, 0.3) is 10.9 Å². The third-order valence-corrected chi connectivity index (χ3v) is 7.69. The van der Waals surface area contributed by atoms with Gasteiger partial charge in [0.25, 0.3) is 0 Å². The normalized spacial score (nSPS) is 17.7. The van der Waals surface area contributed by atoms with Gasteiger partial charge in [-0.25, -0.2) is 4.98 Å². The fourth-order valence-electron chi connectivity index (χ4n) is 5.14. The van der Waals surface area contributed by atoms with Gasteiger partial charge in [-0.05, 0) is 74.1 Å². The number of rotatable bonds is 4. The van der Waals surface area contributed by atoms with Gasteiger partial charge in [0.2, 0.25) is 5.91 Å². The average molecular weight is 430 g/mol. The van der Waals surface area contributed by atoms with Crippen molar-refractivity contribution >= 4 is 28.6 Å². The summed E-state index contributed by atoms with van der Waals surface area (Å²) in [5.74, 6) is 1.44. The highest BCUT2D eigenvalue weighted by Crippen LogP contribution is 2.33. The van der Waals surface area contributed by atoms with Gasteiger partial charge in [0.05, 0.1) is 11.1 Å². The molecule has 0 amide bonds. The van der Waals surface area contributed by atoms with Crippen LogP contribution in [0, 0.1) is 17.2 Å². The van der Waals surface area contributed by atoms with E-state index in [9.17, 15) is 10.1 Å². The molecule has 158 valence electrons. The number of nitriles is 1. The van der Waals surface area contributed by atoms with E-state index in [0.29, 0.717) is 23.7 Å². The molecule has 31 heavy (non-hydrogen) atoms. The smallest absolute Gasteiger partial charge is 0.232 e. The quantitative estimate of drug-likeness (QED) is 0.497. The second-order valence-corrected chi connectivity index (χ2v) is 9.97. The molecule has 0 radical (unpaired) electrons. The summed E-state index contributed by atoms with van der Waals surface area (Å²) in [5.41, 5.74) is 6.62. The van der Waals surface area contributed by atoms with Crippen molar-refractivity contribution in [1.29, 1.82) is 5.26 Å². The Morgan fingerprint density at radius 1 is 1.26 bits per heavy atom. The van der Waals surface area contributed by atoms with E-state index in [0.717, 1.165) is 54.8 Å². The molecule has 2 aliphatic carbocycles. The predicted octanol–water partition coefficient (Wildman–Crippen LogP) is 5.73. The first-order valence-electron chi connectivity index (χ1n) is 11.4. The largest absolute Gasteiger partial charge is 0.284 e. The molecule has 5 heteroatoms. The molecular weight excluding hydrogens is 402 g/mol. The first-order chi connectivity index (χ1) is 15.2. The average Bonchev–Trinajstić information content (AvgIpc) is 3.13. The lowest BCUT2D eigenvalue weighted by Crippen LogP contribution is -2.17. The first kappa shape index (κ1) is 20.3. The molecule has 0 saturated carbocycles. The molecule has 4 nitrogen and oxygen atoms in total. The summed E-state index contributed by atoms with van der Waals surface area (Å²) < 4.78 is 1.97. The molecule has 1 atom stereocenters. The topological polar surface area (TPSA) is 58.7 Å². The third kappa shape index (κ3) is 3.78. The van der Waals surface area contributed by atoms with Crippen LogP contribution >= 0.6 is 11.8 Å². The summed E-state index contributed by atoms with van der Waals surface area (Å²) in [4.78, 5) is 18.1. The Morgan fingerprint density at radius 2 is 2.10 bits per heavy atom. The van der Waals surface area contributed by atoms with Crippen molar-refractivity contribution in [3.8, 4) is 6.07 Å². The monoisotopic (exact) mass is 429 g/mol. The number of carbonyl (C=O) groups is 1. The van der Waals surface area contributed by atoms with Gasteiger partial charge in [0, 0.05) is 28.9 Å². The second kappa shape index (κ2) is 8.51. The summed E-state index contributed by atoms with van der Waals surface area (Å²) in [7, 11) is 0. The van der Waals surface area contributed by atoms with Crippen LogP contribution < -0.4 is 0 Å². The molecular formula is C26H27N3OS. The van der Waals surface area contributed by atoms with Crippen molar-refractivity contribution < 1.29 is 4.79 Å². The van der Waals surface area contributed by atoms with Gasteiger partial charge in [-0.15, -0.1) is 11.8 Å². The lowest BCUT2D eigenvalue weighted by Gasteiger charge is -2.21. The Hall–Kier alpha value is -2.58. The van der Waals surface area contributed by atoms with E-state index in [1.54, 1.807) is 11.8 Å². The molecule has 1 aromatic carbocycles. The number of nitrogens with zero attached hydrogens (tertiary/aromatic N) is 3. The van der Waals surface area contributed by atoms with Crippen LogP contribution in [0.4, 0.5) is 0 Å². The Balaban J connectivity index is 1.35. The van der Waals surface area contributed by atoms with Crippen molar-refractivity contribution in [1.82, 2.24) is 9.55 Å². The van der Waals surface area contributed by atoms with Crippen molar-refractivity contribution in [2.45, 2.75) is 63.3 Å². The number of hydrogen-bond donors (Lipinski definition) is 0. The van der Waals surface area contributed by atoms with Gasteiger partial charge in [-0.3, -0.25) is 9.36 Å². The van der Waals surface area contributed by atoms with Gasteiger partial charge < -0.3 is 0 Å². The number of hydrogen-bond acceptors (Lipinski definition) is 4. The molecule has 2 aromatic heterocycles. The van der Waals surface area contributed by atoms with Gasteiger partial charge in [0.15, 0.2) is 0 Å². The van der Waals surface area contributed by atoms with Gasteiger partial charge >= 0.3 is 0 Å². The molecule has 0 N–H and O–H groups in total. The highest BCUT2D eigenvalue weighted by atomic mass is 32.2. The molecule has 0 aliphatic heterocycles. The minimum absolute atomic E-state index is 0.150. The number of carbonyl (C=O) groups excluding carboxylic acids is 1. The van der Waals surface area contributed by atoms with E-state index >= 15 is 0 Å². The maximum atomic E-state index is 13.3. The highest BCUT2D eigenvalue weighted by molar-refractivity contribution is 7.99. The lowest BCUT2D eigenvalue weighted by molar-refractivity contribution is 0.0912. The summed E-state index contributed by atoms with van der Waals surface area (Å²) in [5, 5.41) is 11.6. The number of benzene rings is 1. The molecule has 0 saturated heterocycles. The van der Waals surface area contributed by atoms with Crippen LogP contribution in [0.15, 0.2) is 35.4 Å². The maximum absolute atomic E-state index is 13.3. The lowest BCUT2D eigenvalue weighted by atomic mass is 9.87. The predicted molar refractivity (Wildman–Crippen MR) is 125 cm³/mol. The van der Waals surface area contributed by atoms with Crippen molar-refractivity contribution in [2.75, 3.05) is 5.75 Å². The molecule has 0 bridgehead atoms. The van der Waals surface area contributed by atoms with Crippen LogP contribution in [0.3, 0.4) is 0 Å². The highest BCUT2D eigenvalue weighted by Gasteiger charge is 2.23. The number of aryl methyl sites for hydroxylation is 2. The van der Waals surface area contributed by atoms with Crippen LogP contribution in [-0.4, -0.2) is 21.2 Å². The van der Waals surface area contributed by atoms with Gasteiger partial charge in [-0.1, -0.05) is 25.1 Å². The van der Waals surface area contributed by atoms with E-state index in [1.807, 2.05) is 16.7 Å². The van der Waals surface area contributed by atoms with Crippen molar-refractivity contribution in [3.63, 3.8) is 0 Å². The fraction of sp³-hybridized carbons (Fsp3) is 0.423. The Kier molecular flexibility index (Phi) is 5.58. The number of fused-ring (bicyclic) bond motifs is 4. The minimum Gasteiger partial charge on any atom is -0.284 e. The Labute approximate surface area is 187 Å². The summed E-state index contributed by atoms with van der Waals surface area (Å²) in [6, 6.07) is 12.6. The van der Waals surface area contributed by atoms with Gasteiger partial charge in [0.1, 0.15) is 11.1 Å². The van der Waals surface area contributed by atoms with Crippen LogP contribution in [0.2, 0.25) is 0 Å². The molecule has 2 heterocycles. The number of pyridine rings is 1. The first-order valence-corrected chi connectivity index (χ1v) is 12.3. The number of aromatic nitrogens is 2. The van der Waals surface area contributed by atoms with E-state index in [-0.39, 0.29) is 5.91 Å². The number of thioether (sulfide) groups is 1. The van der Waals surface area contributed by atoms with Crippen LogP contribution in [-0.2, 0) is 25.7 Å². The molecule has 3 aromatic rings. The summed E-state index contributed by atoms with van der Waals surface area (Å²) >= 11 is 1.55. The molecule has 5 rings (SSSR count). The minimum atomic E-state index is 0.150. The fourth-order valence-corrected chi connectivity index (χ4v) is 6.05. The Bertz CT molecular complexity index is 1200. The standard InChI is InChI=1S/C26H27N3OS/c1-17-10-11-22-18(14-17)15-19(16-27)26(28-22)31-13-12-25(30)29-23-8-4-2-6-20(23)21-7-3-5-9-24(21)29/h2,4,6,8,15,17H,3,5,7,9-14H2,1H3. The summed E-state index contributed by atoms with van der Waals surface area (Å²) in [6.07, 6.45) is 7.97. The molecule has 0 spiro atoms. The zero-order valence-corrected chi connectivity index (χ0v) is 18.8. The molecule has 1 unspecified atom stereocenters. The van der Waals surface area contributed by atoms with E-state index in [4.69, 9.17) is 4.98 Å². The third-order valence-electron chi connectivity index (χ3n) is 6.70. The Morgan fingerprint density at radius 3 is 2.97 bits per heavy atom. The van der Waals surface area contributed by atoms with Crippen LogP contribution in [0.1, 0.15) is 65.5 Å². The van der Waals surface area contributed by atoms with Crippen molar-refractivity contribution in [3.05, 3.63) is 58.4 Å². The number of para-hydroxylation sites is 1. The zero-order chi connectivity index (χ0) is 21.4. The van der Waals surface area contributed by atoms with E-state index < -0.39 is 0 Å². The summed E-state index contributed by atoms with van der Waals surface area (Å²) in [6.45, 7) is 2.26. The molecule has 0 fully saturated rings. The van der Waals surface area contributed by atoms with Crippen LogP contribution in [0.5, 0.6) is 0 Å². The van der Waals surface area contributed by atoms with Gasteiger partial charge in [-0.2, -0.15) is 5.26 Å². The zero-order valence-electron chi connectivity index (χ0n) is 18.0. The van der Waals surface area contributed by atoms with Crippen molar-refractivity contribution in [2.24, 2.45) is 5.92 Å².